The lowest BCUT2D eigenvalue weighted by Gasteiger charge is -2.15. The summed E-state index contributed by atoms with van der Waals surface area (Å²) in [7, 11) is 0.369. The smallest absolute Gasteiger partial charge is 0.154 e. The number of nitrogens with one attached hydrogen (secondary N) is 1. The van der Waals surface area contributed by atoms with Crippen molar-refractivity contribution in [3.8, 4) is 5.75 Å². The lowest BCUT2D eigenvalue weighted by molar-refractivity contribution is 0.410. The predicted molar refractivity (Wildman–Crippen MR) is 87.5 cm³/mol. The summed E-state index contributed by atoms with van der Waals surface area (Å²) in [6.07, 6.45) is 2.70. The molecule has 1 unspecified atom stereocenters. The van der Waals surface area contributed by atoms with E-state index in [1.807, 2.05) is 32.2 Å². The molecule has 0 saturated carbocycles. The summed E-state index contributed by atoms with van der Waals surface area (Å²) >= 11 is 0. The molecule has 0 amide bonds. The first-order valence-electron chi connectivity index (χ1n) is 7.48. The van der Waals surface area contributed by atoms with Gasteiger partial charge in [0.25, 0.3) is 0 Å². The summed E-state index contributed by atoms with van der Waals surface area (Å²) in [5, 5.41) is 3.16. The van der Waals surface area contributed by atoms with Crippen LogP contribution in [0.15, 0.2) is 18.2 Å². The molecule has 0 aromatic heterocycles. The van der Waals surface area contributed by atoms with Gasteiger partial charge >= 0.3 is 0 Å². The summed E-state index contributed by atoms with van der Waals surface area (Å²) in [5.41, 5.74) is 1.81. The highest BCUT2D eigenvalue weighted by Crippen LogP contribution is 2.25. The minimum atomic E-state index is -3.09. The van der Waals surface area contributed by atoms with Crippen LogP contribution in [-0.2, 0) is 15.6 Å². The second-order valence-electron chi connectivity index (χ2n) is 5.38. The van der Waals surface area contributed by atoms with Crippen molar-refractivity contribution in [2.24, 2.45) is 0 Å². The van der Waals surface area contributed by atoms with Gasteiger partial charge in [-0.1, -0.05) is 25.8 Å². The molecule has 1 N–H and O–H groups in total. The number of ether oxygens (including phenoxy) is 1. The second-order valence-corrected chi connectivity index (χ2v) is 7.56. The summed E-state index contributed by atoms with van der Waals surface area (Å²) < 4.78 is 29.7. The number of benzene rings is 1. The fraction of sp³-hybridized carbons (Fsp3) is 0.625. The van der Waals surface area contributed by atoms with Crippen LogP contribution >= 0.6 is 0 Å². The van der Waals surface area contributed by atoms with Gasteiger partial charge in [0, 0.05) is 11.6 Å². The van der Waals surface area contributed by atoms with E-state index in [-0.39, 0.29) is 17.5 Å². The van der Waals surface area contributed by atoms with Gasteiger partial charge in [0.2, 0.25) is 0 Å². The van der Waals surface area contributed by atoms with Gasteiger partial charge in [0.1, 0.15) is 5.75 Å². The van der Waals surface area contributed by atoms with E-state index in [4.69, 9.17) is 4.74 Å². The second kappa shape index (κ2) is 8.39. The van der Waals surface area contributed by atoms with Crippen LogP contribution < -0.4 is 10.1 Å². The van der Waals surface area contributed by atoms with Crippen LogP contribution in [0.5, 0.6) is 5.75 Å². The van der Waals surface area contributed by atoms with Crippen molar-refractivity contribution in [2.75, 3.05) is 19.9 Å². The van der Waals surface area contributed by atoms with Crippen molar-refractivity contribution < 1.29 is 13.2 Å². The largest absolute Gasteiger partial charge is 0.496 e. The highest BCUT2D eigenvalue weighted by molar-refractivity contribution is 7.90. The van der Waals surface area contributed by atoms with Crippen LogP contribution in [-0.4, -0.2) is 28.3 Å². The number of methoxy groups -OCH3 is 1. The summed E-state index contributed by atoms with van der Waals surface area (Å²) in [5.74, 6) is 0.932. The quantitative estimate of drug-likeness (QED) is 0.712. The number of sulfone groups is 1. The first kappa shape index (κ1) is 18.0. The Morgan fingerprint density at radius 3 is 2.57 bits per heavy atom. The van der Waals surface area contributed by atoms with Crippen LogP contribution in [0.25, 0.3) is 0 Å². The van der Waals surface area contributed by atoms with Crippen LogP contribution in [0.4, 0.5) is 0 Å². The SMILES string of the molecule is CCCCCS(=O)(=O)Cc1cc(C(C)NC)ccc1OC. The van der Waals surface area contributed by atoms with Crippen LogP contribution in [0.1, 0.15) is 50.3 Å². The zero-order valence-electron chi connectivity index (χ0n) is 13.5. The van der Waals surface area contributed by atoms with Gasteiger partial charge in [-0.25, -0.2) is 8.42 Å². The van der Waals surface area contributed by atoms with Crippen molar-refractivity contribution >= 4 is 9.84 Å². The fourth-order valence-corrected chi connectivity index (χ4v) is 3.72. The lowest BCUT2D eigenvalue weighted by atomic mass is 10.1. The Bertz CT molecular complexity index is 540. The predicted octanol–water partition coefficient (Wildman–Crippen LogP) is 3.08. The third-order valence-corrected chi connectivity index (χ3v) is 5.33. The lowest BCUT2D eigenvalue weighted by Crippen LogP contribution is -2.14. The van der Waals surface area contributed by atoms with Gasteiger partial charge in [-0.2, -0.15) is 0 Å². The molecule has 1 aromatic carbocycles. The topological polar surface area (TPSA) is 55.4 Å². The van der Waals surface area contributed by atoms with E-state index in [1.165, 1.54) is 0 Å². The number of unbranched alkanes of at least 4 members (excludes halogenated alkanes) is 2. The molecular weight excluding hydrogens is 286 g/mol. The standard InChI is InChI=1S/C16H27NO3S/c1-5-6-7-10-21(18,19)12-15-11-14(13(2)17-3)8-9-16(15)20-4/h8-9,11,13,17H,5-7,10,12H2,1-4H3. The molecule has 0 aliphatic rings. The zero-order chi connectivity index (χ0) is 15.9. The first-order valence-corrected chi connectivity index (χ1v) is 9.30. The minimum absolute atomic E-state index is 0.0458. The highest BCUT2D eigenvalue weighted by atomic mass is 32.2. The van der Waals surface area contributed by atoms with E-state index in [1.54, 1.807) is 7.11 Å². The van der Waals surface area contributed by atoms with Gasteiger partial charge in [-0.3, -0.25) is 0 Å². The molecule has 0 bridgehead atoms. The van der Waals surface area contributed by atoms with E-state index in [2.05, 4.69) is 12.2 Å². The third-order valence-electron chi connectivity index (χ3n) is 3.67. The van der Waals surface area contributed by atoms with Crippen molar-refractivity contribution in [3.05, 3.63) is 29.3 Å². The average Bonchev–Trinajstić information content (AvgIpc) is 2.46. The van der Waals surface area contributed by atoms with Gasteiger partial charge in [-0.15, -0.1) is 0 Å². The molecule has 0 spiro atoms. The Morgan fingerprint density at radius 1 is 1.29 bits per heavy atom. The molecule has 0 fully saturated rings. The molecule has 1 rings (SSSR count). The summed E-state index contributed by atoms with van der Waals surface area (Å²) in [6.45, 7) is 4.11. The van der Waals surface area contributed by atoms with Crippen molar-refractivity contribution in [1.82, 2.24) is 5.32 Å². The van der Waals surface area contributed by atoms with E-state index < -0.39 is 9.84 Å². The molecule has 1 atom stereocenters. The Balaban J connectivity index is 2.94. The number of hydrogen-bond acceptors (Lipinski definition) is 4. The van der Waals surface area contributed by atoms with E-state index in [0.717, 1.165) is 30.4 Å². The van der Waals surface area contributed by atoms with Crippen LogP contribution in [0, 0.1) is 0 Å². The van der Waals surface area contributed by atoms with Crippen molar-refractivity contribution in [1.29, 1.82) is 0 Å². The van der Waals surface area contributed by atoms with Crippen LogP contribution in [0.2, 0.25) is 0 Å². The molecule has 5 heteroatoms. The molecule has 0 radical (unpaired) electrons. The molecule has 1 aromatic rings. The maximum atomic E-state index is 12.2. The molecule has 120 valence electrons. The molecule has 0 aliphatic heterocycles. The van der Waals surface area contributed by atoms with Crippen molar-refractivity contribution in [3.63, 3.8) is 0 Å². The Hall–Kier alpha value is -1.07. The Labute approximate surface area is 128 Å². The molecule has 0 heterocycles. The normalized spacial score (nSPS) is 13.1. The molecular formula is C16H27NO3S. The molecule has 0 aliphatic carbocycles. The highest BCUT2D eigenvalue weighted by Gasteiger charge is 2.16. The Kier molecular flexibility index (Phi) is 7.18. The first-order chi connectivity index (χ1) is 9.93. The van der Waals surface area contributed by atoms with Gasteiger partial charge in [0.05, 0.1) is 18.6 Å². The van der Waals surface area contributed by atoms with Crippen LogP contribution in [0.3, 0.4) is 0 Å². The average molecular weight is 313 g/mol. The maximum absolute atomic E-state index is 12.2. The van der Waals surface area contributed by atoms with Gasteiger partial charge in [0.15, 0.2) is 9.84 Å². The zero-order valence-corrected chi connectivity index (χ0v) is 14.3. The fourth-order valence-electron chi connectivity index (χ4n) is 2.23. The van der Waals surface area contributed by atoms with E-state index in [9.17, 15) is 8.42 Å². The van der Waals surface area contributed by atoms with Gasteiger partial charge < -0.3 is 10.1 Å². The molecule has 0 saturated heterocycles. The summed E-state index contributed by atoms with van der Waals surface area (Å²) in [6, 6.07) is 5.92. The van der Waals surface area contributed by atoms with Crippen molar-refractivity contribution in [2.45, 2.75) is 44.9 Å². The minimum Gasteiger partial charge on any atom is -0.496 e. The molecule has 21 heavy (non-hydrogen) atoms. The number of rotatable bonds is 9. The maximum Gasteiger partial charge on any atom is 0.154 e. The van der Waals surface area contributed by atoms with E-state index in [0.29, 0.717) is 5.75 Å². The Morgan fingerprint density at radius 2 is 2.00 bits per heavy atom. The third kappa shape index (κ3) is 5.67. The monoisotopic (exact) mass is 313 g/mol. The van der Waals surface area contributed by atoms with E-state index >= 15 is 0 Å². The summed E-state index contributed by atoms with van der Waals surface area (Å²) in [4.78, 5) is 0. The number of hydrogen-bond donors (Lipinski definition) is 1. The van der Waals surface area contributed by atoms with Gasteiger partial charge in [-0.05, 0) is 38.1 Å². The molecule has 4 nitrogen and oxygen atoms in total.